The van der Waals surface area contributed by atoms with Crippen molar-refractivity contribution in [1.82, 2.24) is 9.97 Å². The number of primary sulfonamides is 1. The van der Waals surface area contributed by atoms with E-state index in [9.17, 15) is 13.2 Å². The van der Waals surface area contributed by atoms with Gasteiger partial charge in [0.25, 0.3) is 5.91 Å². The highest BCUT2D eigenvalue weighted by molar-refractivity contribution is 7.89. The van der Waals surface area contributed by atoms with E-state index in [1.54, 1.807) is 19.1 Å². The summed E-state index contributed by atoms with van der Waals surface area (Å²) in [5.74, 6) is -0.352. The van der Waals surface area contributed by atoms with Crippen LogP contribution in [0.5, 0.6) is 5.88 Å². The van der Waals surface area contributed by atoms with E-state index in [-0.39, 0.29) is 27.3 Å². The molecule has 0 aliphatic carbocycles. The molecule has 3 rings (SSSR count). The second-order valence-corrected chi connectivity index (χ2v) is 8.28. The smallest absolute Gasteiger partial charge is 0.259 e. The molecule has 0 bridgehead atoms. The lowest BCUT2D eigenvalue weighted by Crippen LogP contribution is -2.22. The van der Waals surface area contributed by atoms with E-state index >= 15 is 0 Å². The molecular weight excluding hydrogens is 406 g/mol. The normalized spacial score (nSPS) is 14.2. The molecule has 0 spiro atoms. The maximum atomic E-state index is 12.8. The molecule has 2 heterocycles. The van der Waals surface area contributed by atoms with Crippen molar-refractivity contribution in [3.63, 3.8) is 0 Å². The Morgan fingerprint density at radius 3 is 2.54 bits per heavy atom. The van der Waals surface area contributed by atoms with Gasteiger partial charge in [-0.05, 0) is 31.9 Å². The van der Waals surface area contributed by atoms with Crippen molar-refractivity contribution in [1.29, 1.82) is 0 Å². The lowest BCUT2D eigenvalue weighted by Gasteiger charge is -2.20. The van der Waals surface area contributed by atoms with Gasteiger partial charge in [0.15, 0.2) is 0 Å². The Hall–Kier alpha value is -2.43. The molecule has 1 fully saturated rings. The van der Waals surface area contributed by atoms with Crippen molar-refractivity contribution in [2.45, 2.75) is 24.7 Å². The van der Waals surface area contributed by atoms with Crippen LogP contribution in [0.3, 0.4) is 0 Å². The third-order valence-electron chi connectivity index (χ3n) is 4.31. The maximum absolute atomic E-state index is 12.8. The molecular formula is C17H20ClN5O4S. The van der Waals surface area contributed by atoms with E-state index in [1.807, 2.05) is 4.90 Å². The molecule has 1 saturated heterocycles. The Balaban J connectivity index is 2.03. The minimum absolute atomic E-state index is 0.0154. The number of aromatic nitrogens is 2. The molecule has 1 aliphatic rings. The summed E-state index contributed by atoms with van der Waals surface area (Å²) in [7, 11) is -2.68. The van der Waals surface area contributed by atoms with Crippen molar-refractivity contribution in [3.05, 3.63) is 34.5 Å². The number of sulfonamides is 1. The third-order valence-corrected chi connectivity index (χ3v) is 5.77. The number of anilines is 2. The van der Waals surface area contributed by atoms with Crippen molar-refractivity contribution in [2.75, 3.05) is 30.4 Å². The predicted molar refractivity (Wildman–Crippen MR) is 106 cm³/mol. The maximum Gasteiger partial charge on any atom is 0.259 e. The van der Waals surface area contributed by atoms with Crippen LogP contribution in [0.15, 0.2) is 23.1 Å². The first-order chi connectivity index (χ1) is 13.2. The van der Waals surface area contributed by atoms with Crippen LogP contribution in [-0.4, -0.2) is 44.5 Å². The second kappa shape index (κ2) is 7.90. The van der Waals surface area contributed by atoms with Crippen LogP contribution in [0.2, 0.25) is 5.02 Å². The summed E-state index contributed by atoms with van der Waals surface area (Å²) in [6.07, 6.45) is 1.96. The van der Waals surface area contributed by atoms with Crippen molar-refractivity contribution < 1.29 is 17.9 Å². The Kier molecular flexibility index (Phi) is 5.73. The number of rotatable bonds is 5. The number of ether oxygens (including phenoxy) is 1. The fourth-order valence-electron chi connectivity index (χ4n) is 2.98. The quantitative estimate of drug-likeness (QED) is 0.749. The summed E-state index contributed by atoms with van der Waals surface area (Å²) in [5.41, 5.74) is 1.13. The summed E-state index contributed by atoms with van der Waals surface area (Å²) in [6.45, 7) is 3.23. The Bertz CT molecular complexity index is 1020. The molecule has 0 atom stereocenters. The number of nitrogens with zero attached hydrogens (tertiary/aromatic N) is 3. The molecule has 0 radical (unpaired) electrons. The van der Waals surface area contributed by atoms with Gasteiger partial charge in [0.05, 0.1) is 17.7 Å². The van der Waals surface area contributed by atoms with E-state index in [2.05, 4.69) is 15.3 Å². The van der Waals surface area contributed by atoms with E-state index in [4.69, 9.17) is 21.5 Å². The monoisotopic (exact) mass is 425 g/mol. The zero-order valence-corrected chi connectivity index (χ0v) is 17.0. The van der Waals surface area contributed by atoms with Crippen molar-refractivity contribution in [3.8, 4) is 5.88 Å². The van der Waals surface area contributed by atoms with Crippen LogP contribution in [0, 0.1) is 6.92 Å². The average Bonchev–Trinajstić information content (AvgIpc) is 3.14. The van der Waals surface area contributed by atoms with Gasteiger partial charge in [0.1, 0.15) is 4.90 Å². The number of hydrogen-bond acceptors (Lipinski definition) is 7. The van der Waals surface area contributed by atoms with E-state index in [0.29, 0.717) is 11.4 Å². The van der Waals surface area contributed by atoms with E-state index in [0.717, 1.165) is 25.9 Å². The first-order valence-electron chi connectivity index (χ1n) is 8.51. The van der Waals surface area contributed by atoms with Crippen molar-refractivity contribution >= 4 is 39.2 Å². The second-order valence-electron chi connectivity index (χ2n) is 6.37. The predicted octanol–water partition coefficient (Wildman–Crippen LogP) is 1.95. The van der Waals surface area contributed by atoms with Crippen LogP contribution in [0.4, 0.5) is 11.6 Å². The number of methoxy groups -OCH3 is 1. The summed E-state index contributed by atoms with van der Waals surface area (Å²) >= 11 is 6.22. The van der Waals surface area contributed by atoms with Gasteiger partial charge in [-0.3, -0.25) is 10.1 Å². The van der Waals surface area contributed by atoms with Gasteiger partial charge in [-0.15, -0.1) is 0 Å². The number of hydrogen-bond donors (Lipinski definition) is 2. The molecule has 3 N–H and O–H groups in total. The van der Waals surface area contributed by atoms with Crippen LogP contribution >= 0.6 is 11.6 Å². The number of benzene rings is 1. The Morgan fingerprint density at radius 2 is 1.93 bits per heavy atom. The fraction of sp³-hybridized carbons (Fsp3) is 0.353. The number of carbonyl (C=O) groups excluding carboxylic acids is 1. The molecule has 0 saturated carbocycles. The molecule has 0 unspecified atom stereocenters. The minimum Gasteiger partial charge on any atom is -0.481 e. The number of nitrogens with one attached hydrogen (secondary N) is 1. The first-order valence-corrected chi connectivity index (χ1v) is 10.4. The first kappa shape index (κ1) is 20.3. The van der Waals surface area contributed by atoms with E-state index < -0.39 is 15.9 Å². The summed E-state index contributed by atoms with van der Waals surface area (Å²) in [5, 5.41) is 7.58. The highest BCUT2D eigenvalue weighted by Crippen LogP contribution is 2.32. The summed E-state index contributed by atoms with van der Waals surface area (Å²) < 4.78 is 29.0. The van der Waals surface area contributed by atoms with Gasteiger partial charge < -0.3 is 9.64 Å². The number of aryl methyl sites for hydroxylation is 1. The van der Waals surface area contributed by atoms with Gasteiger partial charge in [-0.2, -0.15) is 4.98 Å². The van der Waals surface area contributed by atoms with Gasteiger partial charge in [-0.25, -0.2) is 18.5 Å². The molecule has 2 aromatic rings. The van der Waals surface area contributed by atoms with Crippen LogP contribution in [0.25, 0.3) is 0 Å². The minimum atomic E-state index is -4.12. The zero-order valence-electron chi connectivity index (χ0n) is 15.4. The molecule has 28 heavy (non-hydrogen) atoms. The molecule has 150 valence electrons. The lowest BCUT2D eigenvalue weighted by molar-refractivity contribution is 0.102. The molecule has 9 nitrogen and oxygen atoms in total. The summed E-state index contributed by atoms with van der Waals surface area (Å²) in [6, 6.07) is 4.55. The molecule has 11 heteroatoms. The summed E-state index contributed by atoms with van der Waals surface area (Å²) in [4.78, 5) is 22.7. The van der Waals surface area contributed by atoms with E-state index in [1.165, 1.54) is 13.2 Å². The zero-order chi connectivity index (χ0) is 20.5. The molecule has 1 aromatic carbocycles. The third kappa shape index (κ3) is 4.34. The van der Waals surface area contributed by atoms with Gasteiger partial charge in [0.2, 0.25) is 21.9 Å². The van der Waals surface area contributed by atoms with Gasteiger partial charge in [-0.1, -0.05) is 11.6 Å². The van der Waals surface area contributed by atoms with Crippen LogP contribution < -0.4 is 20.1 Å². The average molecular weight is 426 g/mol. The topological polar surface area (TPSA) is 128 Å². The SMILES string of the molecule is COc1cc(C)nc(NC(=O)c2cc(N3CCCC3)cc(S(N)(=O)=O)c2Cl)n1. The van der Waals surface area contributed by atoms with Crippen LogP contribution in [-0.2, 0) is 10.0 Å². The molecule has 1 aromatic heterocycles. The number of nitrogens with two attached hydrogens (primary N) is 1. The standard InChI is InChI=1S/C17H20ClN5O4S/c1-10-7-14(27-2)21-17(20-10)22-16(24)12-8-11(23-5-3-4-6-23)9-13(15(12)18)28(19,25)26/h7-9H,3-6H2,1-2H3,(H2,19,25,26)(H,20,21,22,24). The number of halogens is 1. The fourth-order valence-corrected chi connectivity index (χ4v) is 4.14. The van der Waals surface area contributed by atoms with Gasteiger partial charge in [0, 0.05) is 30.5 Å². The number of amides is 1. The molecule has 1 aliphatic heterocycles. The Morgan fingerprint density at radius 1 is 1.25 bits per heavy atom. The van der Waals surface area contributed by atoms with Gasteiger partial charge >= 0.3 is 0 Å². The number of carbonyl (C=O) groups is 1. The highest BCUT2D eigenvalue weighted by Gasteiger charge is 2.25. The molecule has 1 amide bonds. The van der Waals surface area contributed by atoms with Crippen LogP contribution in [0.1, 0.15) is 28.9 Å². The highest BCUT2D eigenvalue weighted by atomic mass is 35.5. The van der Waals surface area contributed by atoms with Crippen molar-refractivity contribution in [2.24, 2.45) is 5.14 Å². The Labute approximate surface area is 167 Å². The largest absolute Gasteiger partial charge is 0.481 e. The lowest BCUT2D eigenvalue weighted by atomic mass is 10.1.